The molecule has 0 spiro atoms. The number of benzene rings is 2. The van der Waals surface area contributed by atoms with Crippen molar-refractivity contribution in [2.24, 2.45) is 0 Å². The van der Waals surface area contributed by atoms with E-state index in [1.54, 1.807) is 43.3 Å². The molecular weight excluding hydrogens is 426 g/mol. The molecule has 0 aliphatic carbocycles. The summed E-state index contributed by atoms with van der Waals surface area (Å²) < 4.78 is 26.5. The van der Waals surface area contributed by atoms with Crippen LogP contribution in [0.3, 0.4) is 0 Å². The van der Waals surface area contributed by atoms with E-state index in [-0.39, 0.29) is 12.3 Å². The van der Waals surface area contributed by atoms with Crippen molar-refractivity contribution in [1.82, 2.24) is 5.32 Å². The van der Waals surface area contributed by atoms with Crippen LogP contribution in [0.15, 0.2) is 42.5 Å². The Morgan fingerprint density at radius 3 is 2.31 bits per heavy atom. The van der Waals surface area contributed by atoms with Gasteiger partial charge in [0.2, 0.25) is 15.9 Å². The van der Waals surface area contributed by atoms with Gasteiger partial charge in [0.1, 0.15) is 6.04 Å². The lowest BCUT2D eigenvalue weighted by atomic mass is 10.1. The summed E-state index contributed by atoms with van der Waals surface area (Å²) in [7, 11) is -3.74. The maximum atomic E-state index is 13.2. The Labute approximate surface area is 191 Å². The Hall–Kier alpha value is -2.87. The second kappa shape index (κ2) is 11.1. The lowest BCUT2D eigenvalue weighted by molar-refractivity contribution is -0.117. The first-order valence-electron chi connectivity index (χ1n) is 10.8. The molecule has 0 heterocycles. The number of nitrogens with one attached hydrogen (secondary N) is 2. The molecule has 0 aliphatic heterocycles. The quantitative estimate of drug-likeness (QED) is 0.525. The van der Waals surface area contributed by atoms with Crippen LogP contribution in [0, 0.1) is 13.8 Å². The number of rotatable bonds is 10. The van der Waals surface area contributed by atoms with Gasteiger partial charge in [0.25, 0.3) is 5.91 Å². The van der Waals surface area contributed by atoms with Gasteiger partial charge in [0.05, 0.1) is 23.2 Å². The van der Waals surface area contributed by atoms with E-state index in [2.05, 4.69) is 10.6 Å². The molecule has 0 radical (unpaired) electrons. The minimum Gasteiger partial charge on any atom is -0.352 e. The van der Waals surface area contributed by atoms with Crippen LogP contribution in [0.4, 0.5) is 11.4 Å². The number of unbranched alkanes of at least 4 members (excludes halogenated alkanes) is 1. The molecule has 8 heteroatoms. The van der Waals surface area contributed by atoms with Gasteiger partial charge in [-0.1, -0.05) is 38.5 Å². The Morgan fingerprint density at radius 1 is 1.03 bits per heavy atom. The molecule has 2 amide bonds. The van der Waals surface area contributed by atoms with E-state index < -0.39 is 22.0 Å². The average Bonchev–Trinajstić information content (AvgIpc) is 2.73. The van der Waals surface area contributed by atoms with Gasteiger partial charge in [-0.3, -0.25) is 13.9 Å². The largest absolute Gasteiger partial charge is 0.352 e. The number of anilines is 2. The fourth-order valence-corrected chi connectivity index (χ4v) is 4.61. The second-order valence-electron chi connectivity index (χ2n) is 7.90. The third kappa shape index (κ3) is 6.32. The lowest BCUT2D eigenvalue weighted by Gasteiger charge is -2.30. The van der Waals surface area contributed by atoms with Crippen molar-refractivity contribution < 1.29 is 18.0 Å². The maximum absolute atomic E-state index is 13.2. The monoisotopic (exact) mass is 459 g/mol. The molecule has 2 aromatic carbocycles. The zero-order valence-corrected chi connectivity index (χ0v) is 20.3. The number of hydrogen-bond acceptors (Lipinski definition) is 4. The first-order chi connectivity index (χ1) is 15.1. The van der Waals surface area contributed by atoms with Crippen LogP contribution in [0.2, 0.25) is 0 Å². The number of aryl methyl sites for hydroxylation is 2. The number of nitrogens with zero attached hydrogens (tertiary/aromatic N) is 1. The molecule has 0 bridgehead atoms. The highest BCUT2D eigenvalue weighted by Gasteiger charge is 2.32. The number of hydrogen-bond donors (Lipinski definition) is 2. The fourth-order valence-electron chi connectivity index (χ4n) is 3.40. The molecule has 2 rings (SSSR count). The lowest BCUT2D eigenvalue weighted by Crippen LogP contribution is -2.47. The average molecular weight is 460 g/mol. The molecule has 2 aromatic rings. The highest BCUT2D eigenvalue weighted by atomic mass is 32.2. The fraction of sp³-hybridized carbons (Fsp3) is 0.417. The summed E-state index contributed by atoms with van der Waals surface area (Å²) in [4.78, 5) is 25.8. The van der Waals surface area contributed by atoms with Gasteiger partial charge in [-0.2, -0.15) is 0 Å². The molecule has 7 nitrogen and oxygen atoms in total. The smallest absolute Gasteiger partial charge is 0.253 e. The van der Waals surface area contributed by atoms with Gasteiger partial charge < -0.3 is 10.6 Å². The zero-order valence-electron chi connectivity index (χ0n) is 19.4. The molecule has 0 saturated heterocycles. The molecule has 0 fully saturated rings. The molecule has 1 atom stereocenters. The number of amides is 2. The maximum Gasteiger partial charge on any atom is 0.253 e. The first kappa shape index (κ1) is 25.4. The minimum atomic E-state index is -3.74. The molecule has 0 aromatic heterocycles. The SMILES string of the molecule is CCCCNC(=O)c1ccccc1NC(=O)C(CC)N(c1ccc(C)c(C)c1)S(C)(=O)=O. The normalized spacial score (nSPS) is 12.2. The van der Waals surface area contributed by atoms with Crippen LogP contribution in [0.5, 0.6) is 0 Å². The van der Waals surface area contributed by atoms with E-state index in [1.165, 1.54) is 0 Å². The van der Waals surface area contributed by atoms with Crippen LogP contribution < -0.4 is 14.9 Å². The topological polar surface area (TPSA) is 95.6 Å². The van der Waals surface area contributed by atoms with Gasteiger partial charge >= 0.3 is 0 Å². The molecule has 174 valence electrons. The Balaban J connectivity index is 2.36. The molecule has 32 heavy (non-hydrogen) atoms. The van der Waals surface area contributed by atoms with E-state index >= 15 is 0 Å². The summed E-state index contributed by atoms with van der Waals surface area (Å²) in [5.74, 6) is -0.776. The number of para-hydroxylation sites is 1. The van der Waals surface area contributed by atoms with Crippen molar-refractivity contribution in [3.8, 4) is 0 Å². The Bertz CT molecular complexity index is 1070. The summed E-state index contributed by atoms with van der Waals surface area (Å²) in [6, 6.07) is 11.1. The van der Waals surface area contributed by atoms with Crippen molar-refractivity contribution in [2.75, 3.05) is 22.4 Å². The number of sulfonamides is 1. The molecule has 0 aliphatic rings. The zero-order chi connectivity index (χ0) is 23.9. The van der Waals surface area contributed by atoms with Crippen LogP contribution >= 0.6 is 0 Å². The van der Waals surface area contributed by atoms with Crippen molar-refractivity contribution >= 4 is 33.2 Å². The highest BCUT2D eigenvalue weighted by molar-refractivity contribution is 7.92. The summed E-state index contributed by atoms with van der Waals surface area (Å²) in [6.45, 7) is 8.18. The third-order valence-corrected chi connectivity index (χ3v) is 6.50. The first-order valence-corrected chi connectivity index (χ1v) is 12.7. The van der Waals surface area contributed by atoms with Gasteiger partial charge in [0, 0.05) is 6.54 Å². The van der Waals surface area contributed by atoms with Crippen LogP contribution in [-0.2, 0) is 14.8 Å². The van der Waals surface area contributed by atoms with Crippen LogP contribution in [0.25, 0.3) is 0 Å². The van der Waals surface area contributed by atoms with Crippen LogP contribution in [-0.4, -0.2) is 39.1 Å². The van der Waals surface area contributed by atoms with E-state index in [9.17, 15) is 18.0 Å². The van der Waals surface area contributed by atoms with Crippen molar-refractivity contribution in [3.63, 3.8) is 0 Å². The second-order valence-corrected chi connectivity index (χ2v) is 9.76. The Morgan fingerprint density at radius 2 is 1.72 bits per heavy atom. The minimum absolute atomic E-state index is 0.261. The van der Waals surface area contributed by atoms with Gasteiger partial charge in [-0.05, 0) is 62.1 Å². The summed E-state index contributed by atoms with van der Waals surface area (Å²) in [6.07, 6.45) is 3.16. The molecule has 1 unspecified atom stereocenters. The predicted octanol–water partition coefficient (Wildman–Crippen LogP) is 4.02. The number of carbonyl (C=O) groups excluding carboxylic acids is 2. The van der Waals surface area contributed by atoms with E-state index in [1.807, 2.05) is 26.8 Å². The van der Waals surface area contributed by atoms with Crippen molar-refractivity contribution in [1.29, 1.82) is 0 Å². The van der Waals surface area contributed by atoms with E-state index in [0.29, 0.717) is 23.5 Å². The molecule has 0 saturated carbocycles. The number of carbonyl (C=O) groups is 2. The summed E-state index contributed by atoms with van der Waals surface area (Å²) in [5.41, 5.74) is 3.08. The molecular formula is C24H33N3O4S. The van der Waals surface area contributed by atoms with Gasteiger partial charge in [-0.25, -0.2) is 8.42 Å². The van der Waals surface area contributed by atoms with Crippen molar-refractivity contribution in [3.05, 3.63) is 59.2 Å². The standard InChI is InChI=1S/C24H33N3O4S/c1-6-8-15-25-23(28)20-11-9-10-12-21(20)26-24(29)22(7-2)27(32(5,30)31)19-14-13-17(3)18(4)16-19/h9-14,16,22H,6-8,15H2,1-5H3,(H,25,28)(H,26,29). The highest BCUT2D eigenvalue weighted by Crippen LogP contribution is 2.26. The van der Waals surface area contributed by atoms with Gasteiger partial charge in [0.15, 0.2) is 0 Å². The van der Waals surface area contributed by atoms with E-state index in [4.69, 9.17) is 0 Å². The van der Waals surface area contributed by atoms with Gasteiger partial charge in [-0.15, -0.1) is 0 Å². The predicted molar refractivity (Wildman–Crippen MR) is 130 cm³/mol. The summed E-state index contributed by atoms with van der Waals surface area (Å²) in [5, 5.41) is 5.62. The van der Waals surface area contributed by atoms with E-state index in [0.717, 1.165) is 34.5 Å². The third-order valence-electron chi connectivity index (χ3n) is 5.32. The van der Waals surface area contributed by atoms with Crippen molar-refractivity contribution in [2.45, 2.75) is 53.0 Å². The summed E-state index contributed by atoms with van der Waals surface area (Å²) >= 11 is 0. The molecule has 2 N–H and O–H groups in total. The van der Waals surface area contributed by atoms with Crippen LogP contribution in [0.1, 0.15) is 54.6 Å². The Kier molecular flexibility index (Phi) is 8.83.